The van der Waals surface area contributed by atoms with Crippen LogP contribution in [0.1, 0.15) is 38.4 Å². The molecule has 1 N–H and O–H groups in total. The molecule has 9 heteroatoms. The molecular formula is C25H27N3O4S2. The molecule has 0 saturated carbocycles. The quantitative estimate of drug-likeness (QED) is 0.335. The largest absolute Gasteiger partial charge is 0.497 e. The van der Waals surface area contributed by atoms with Crippen LogP contribution >= 0.6 is 22.7 Å². The Labute approximate surface area is 206 Å². The van der Waals surface area contributed by atoms with E-state index in [2.05, 4.69) is 34.3 Å². The van der Waals surface area contributed by atoms with Crippen LogP contribution in [0.2, 0.25) is 0 Å². The Hall–Kier alpha value is -3.01. The maximum atomic E-state index is 12.9. The van der Waals surface area contributed by atoms with E-state index in [-0.39, 0.29) is 11.6 Å². The Kier molecular flexibility index (Phi) is 7.45. The molecule has 0 aliphatic heterocycles. The minimum absolute atomic E-state index is 0.206. The van der Waals surface area contributed by atoms with Gasteiger partial charge >= 0.3 is 5.97 Å². The van der Waals surface area contributed by atoms with Gasteiger partial charge in [0.2, 0.25) is 0 Å². The Morgan fingerprint density at radius 3 is 2.59 bits per heavy atom. The van der Waals surface area contributed by atoms with Gasteiger partial charge in [-0.1, -0.05) is 18.2 Å². The molecule has 4 aromatic rings. The molecule has 0 amide bonds. The summed E-state index contributed by atoms with van der Waals surface area (Å²) in [4.78, 5) is 37.2. The van der Waals surface area contributed by atoms with Crippen LogP contribution < -0.4 is 10.3 Å². The van der Waals surface area contributed by atoms with Crippen LogP contribution in [0.4, 0.5) is 0 Å². The van der Waals surface area contributed by atoms with Gasteiger partial charge in [-0.2, -0.15) is 0 Å². The van der Waals surface area contributed by atoms with Crippen LogP contribution in [-0.4, -0.2) is 41.1 Å². The third-order valence-electron chi connectivity index (χ3n) is 5.82. The van der Waals surface area contributed by atoms with Crippen molar-refractivity contribution in [2.24, 2.45) is 0 Å². The average Bonchev–Trinajstić information content (AvgIpc) is 3.46. The van der Waals surface area contributed by atoms with E-state index in [0.29, 0.717) is 39.6 Å². The van der Waals surface area contributed by atoms with Crippen LogP contribution in [0.5, 0.6) is 5.75 Å². The second kappa shape index (κ2) is 10.5. The number of fused-ring (bicyclic) bond motifs is 1. The number of H-pyrrole nitrogens is 1. The first-order chi connectivity index (χ1) is 16.4. The van der Waals surface area contributed by atoms with Crippen molar-refractivity contribution < 1.29 is 14.3 Å². The highest BCUT2D eigenvalue weighted by Crippen LogP contribution is 2.28. The van der Waals surface area contributed by atoms with Gasteiger partial charge in [-0.3, -0.25) is 9.69 Å². The standard InChI is InChI=1S/C25H27N3O4S2/c1-15(12-19-6-5-11-33-19)28(13-17-7-9-18(31-3)10-8-17)14-20-26-23(29)21-16(2)22(25(30)32-4)34-24(21)27-20/h5-11,15H,12-14H2,1-4H3,(H,26,27,29). The fourth-order valence-corrected chi connectivity index (χ4v) is 5.87. The number of nitrogens with zero attached hydrogens (tertiary/aromatic N) is 2. The number of nitrogens with one attached hydrogen (secondary N) is 1. The molecule has 0 radical (unpaired) electrons. The van der Waals surface area contributed by atoms with Gasteiger partial charge in [-0.25, -0.2) is 9.78 Å². The Morgan fingerprint density at radius 2 is 1.94 bits per heavy atom. The summed E-state index contributed by atoms with van der Waals surface area (Å²) >= 11 is 2.94. The van der Waals surface area contributed by atoms with Gasteiger partial charge in [0, 0.05) is 17.5 Å². The number of thiophene rings is 2. The Bertz CT molecular complexity index is 1330. The highest BCUT2D eigenvalue weighted by Gasteiger charge is 2.22. The molecule has 0 aliphatic rings. The first-order valence-corrected chi connectivity index (χ1v) is 12.6. The number of hydrogen-bond acceptors (Lipinski definition) is 8. The molecule has 178 valence electrons. The second-order valence-electron chi connectivity index (χ2n) is 8.13. The number of rotatable bonds is 9. The topological polar surface area (TPSA) is 84.5 Å². The summed E-state index contributed by atoms with van der Waals surface area (Å²) in [6.07, 6.45) is 0.894. The van der Waals surface area contributed by atoms with Crippen LogP contribution in [0.3, 0.4) is 0 Å². The normalized spacial score (nSPS) is 12.3. The van der Waals surface area contributed by atoms with E-state index < -0.39 is 5.97 Å². The number of hydrogen-bond donors (Lipinski definition) is 1. The molecule has 0 bridgehead atoms. The summed E-state index contributed by atoms with van der Waals surface area (Å²) in [6.45, 7) is 5.09. The molecule has 1 aromatic carbocycles. The molecule has 0 aliphatic carbocycles. The molecule has 0 saturated heterocycles. The van der Waals surface area contributed by atoms with Gasteiger partial charge in [0.1, 0.15) is 21.3 Å². The highest BCUT2D eigenvalue weighted by molar-refractivity contribution is 7.20. The molecule has 3 aromatic heterocycles. The second-order valence-corrected chi connectivity index (χ2v) is 10.2. The van der Waals surface area contributed by atoms with Crippen molar-refractivity contribution in [1.82, 2.24) is 14.9 Å². The molecule has 0 fully saturated rings. The number of esters is 1. The molecular weight excluding hydrogens is 470 g/mol. The smallest absolute Gasteiger partial charge is 0.348 e. The summed E-state index contributed by atoms with van der Waals surface area (Å²) in [6, 6.07) is 12.4. The summed E-state index contributed by atoms with van der Waals surface area (Å²) in [7, 11) is 2.99. The number of aromatic nitrogens is 2. The SMILES string of the molecule is COC(=O)c1sc2nc(CN(Cc3ccc(OC)cc3)C(C)Cc3cccs3)[nH]c(=O)c2c1C. The van der Waals surface area contributed by atoms with Crippen molar-refractivity contribution in [1.29, 1.82) is 0 Å². The van der Waals surface area contributed by atoms with E-state index in [9.17, 15) is 9.59 Å². The number of carbonyl (C=O) groups excluding carboxylic acids is 1. The predicted octanol–water partition coefficient (Wildman–Crippen LogP) is 4.78. The number of carbonyl (C=O) groups is 1. The first kappa shape index (κ1) is 24.1. The molecule has 34 heavy (non-hydrogen) atoms. The maximum Gasteiger partial charge on any atom is 0.348 e. The minimum Gasteiger partial charge on any atom is -0.497 e. The molecule has 7 nitrogen and oxygen atoms in total. The molecule has 1 atom stereocenters. The maximum absolute atomic E-state index is 12.9. The van der Waals surface area contributed by atoms with Gasteiger partial charge in [0.05, 0.1) is 26.2 Å². The van der Waals surface area contributed by atoms with Crippen LogP contribution in [0.25, 0.3) is 10.2 Å². The van der Waals surface area contributed by atoms with E-state index >= 15 is 0 Å². The third kappa shape index (κ3) is 5.22. The lowest BCUT2D eigenvalue weighted by Crippen LogP contribution is -2.34. The van der Waals surface area contributed by atoms with E-state index in [4.69, 9.17) is 14.5 Å². The van der Waals surface area contributed by atoms with Gasteiger partial charge in [0.25, 0.3) is 5.56 Å². The van der Waals surface area contributed by atoms with E-state index in [0.717, 1.165) is 17.7 Å². The number of ether oxygens (including phenoxy) is 2. The number of methoxy groups -OCH3 is 2. The Balaban J connectivity index is 1.65. The number of aromatic amines is 1. The fraction of sp³-hybridized carbons (Fsp3) is 0.320. The van der Waals surface area contributed by atoms with Crippen LogP contribution in [-0.2, 0) is 24.2 Å². The fourth-order valence-electron chi connectivity index (χ4n) is 3.93. The first-order valence-electron chi connectivity index (χ1n) is 10.9. The van der Waals surface area contributed by atoms with E-state index in [1.165, 1.54) is 23.3 Å². The third-order valence-corrected chi connectivity index (χ3v) is 7.88. The molecule has 0 spiro atoms. The van der Waals surface area contributed by atoms with Crippen LogP contribution in [0.15, 0.2) is 46.6 Å². The predicted molar refractivity (Wildman–Crippen MR) is 136 cm³/mol. The van der Waals surface area contributed by atoms with Crippen LogP contribution in [0, 0.1) is 6.92 Å². The van der Waals surface area contributed by atoms with Crippen molar-refractivity contribution in [2.75, 3.05) is 14.2 Å². The number of benzene rings is 1. The summed E-state index contributed by atoms with van der Waals surface area (Å²) < 4.78 is 10.1. The lowest BCUT2D eigenvalue weighted by Gasteiger charge is -2.28. The number of aryl methyl sites for hydroxylation is 1. The molecule has 3 heterocycles. The molecule has 1 unspecified atom stereocenters. The van der Waals surface area contributed by atoms with E-state index in [1.54, 1.807) is 25.4 Å². The summed E-state index contributed by atoms with van der Waals surface area (Å²) in [5.41, 5.74) is 1.51. The van der Waals surface area contributed by atoms with Crippen molar-refractivity contribution in [3.63, 3.8) is 0 Å². The van der Waals surface area contributed by atoms with E-state index in [1.807, 2.05) is 24.3 Å². The highest BCUT2D eigenvalue weighted by atomic mass is 32.1. The van der Waals surface area contributed by atoms with Crippen molar-refractivity contribution >= 4 is 38.9 Å². The minimum atomic E-state index is -0.452. The zero-order valence-corrected chi connectivity index (χ0v) is 21.2. The van der Waals surface area contributed by atoms with Gasteiger partial charge in [0.15, 0.2) is 0 Å². The average molecular weight is 498 g/mol. The summed E-state index contributed by atoms with van der Waals surface area (Å²) in [5.74, 6) is 0.932. The van der Waals surface area contributed by atoms with Gasteiger partial charge in [-0.15, -0.1) is 22.7 Å². The van der Waals surface area contributed by atoms with Crippen molar-refractivity contribution in [3.8, 4) is 5.75 Å². The monoisotopic (exact) mass is 497 g/mol. The Morgan fingerprint density at radius 1 is 1.18 bits per heavy atom. The van der Waals surface area contributed by atoms with Crippen molar-refractivity contribution in [3.05, 3.63) is 78.8 Å². The van der Waals surface area contributed by atoms with Gasteiger partial charge in [-0.05, 0) is 55.0 Å². The van der Waals surface area contributed by atoms with Gasteiger partial charge < -0.3 is 14.5 Å². The lowest BCUT2D eigenvalue weighted by molar-refractivity contribution is 0.0605. The zero-order valence-electron chi connectivity index (χ0n) is 19.6. The summed E-state index contributed by atoms with van der Waals surface area (Å²) in [5, 5.41) is 2.53. The lowest BCUT2D eigenvalue weighted by atomic mass is 10.1. The zero-order chi connectivity index (χ0) is 24.2. The van der Waals surface area contributed by atoms with Crippen molar-refractivity contribution in [2.45, 2.75) is 39.4 Å². The molecule has 4 rings (SSSR count).